The van der Waals surface area contributed by atoms with Crippen LogP contribution in [0.15, 0.2) is 0 Å². The second kappa shape index (κ2) is 8.53. The molecule has 0 aromatic heterocycles. The zero-order valence-corrected chi connectivity index (χ0v) is 14.8. The van der Waals surface area contributed by atoms with Crippen molar-refractivity contribution in [1.82, 2.24) is 10.2 Å². The standard InChI is InChI=1S/C19H38N2/c1-4-7-11-17(5-2)15-21-16-19(12-9-8-10-13-19)20-14-18(21)6-3/h17-18,20H,4-16H2,1-3H3. The number of rotatable bonds is 7. The van der Waals surface area contributed by atoms with Gasteiger partial charge in [-0.3, -0.25) is 4.90 Å². The molecule has 21 heavy (non-hydrogen) atoms. The summed E-state index contributed by atoms with van der Waals surface area (Å²) in [6.45, 7) is 11.0. The van der Waals surface area contributed by atoms with Crippen LogP contribution in [0.1, 0.15) is 85.0 Å². The van der Waals surface area contributed by atoms with E-state index in [0.29, 0.717) is 5.54 Å². The van der Waals surface area contributed by atoms with Crippen molar-refractivity contribution in [2.75, 3.05) is 19.6 Å². The molecule has 1 saturated carbocycles. The van der Waals surface area contributed by atoms with Gasteiger partial charge in [0.2, 0.25) is 0 Å². The average Bonchev–Trinajstić information content (AvgIpc) is 2.52. The Labute approximate surface area is 133 Å². The Morgan fingerprint density at radius 1 is 1.14 bits per heavy atom. The van der Waals surface area contributed by atoms with E-state index in [2.05, 4.69) is 31.0 Å². The van der Waals surface area contributed by atoms with Crippen molar-refractivity contribution in [3.63, 3.8) is 0 Å². The van der Waals surface area contributed by atoms with Gasteiger partial charge in [0.25, 0.3) is 0 Å². The van der Waals surface area contributed by atoms with Crippen LogP contribution in [0.3, 0.4) is 0 Å². The highest BCUT2D eigenvalue weighted by atomic mass is 15.3. The Bertz CT molecular complexity index is 283. The van der Waals surface area contributed by atoms with Crippen molar-refractivity contribution in [1.29, 1.82) is 0 Å². The predicted octanol–water partition coefficient (Wildman–Crippen LogP) is 4.59. The topological polar surface area (TPSA) is 15.3 Å². The molecule has 2 nitrogen and oxygen atoms in total. The van der Waals surface area contributed by atoms with Crippen molar-refractivity contribution in [3.05, 3.63) is 0 Å². The van der Waals surface area contributed by atoms with Gasteiger partial charge < -0.3 is 5.32 Å². The summed E-state index contributed by atoms with van der Waals surface area (Å²) in [5, 5.41) is 3.96. The summed E-state index contributed by atoms with van der Waals surface area (Å²) in [5.41, 5.74) is 0.465. The predicted molar refractivity (Wildman–Crippen MR) is 92.8 cm³/mol. The average molecular weight is 295 g/mol. The third kappa shape index (κ3) is 4.69. The summed E-state index contributed by atoms with van der Waals surface area (Å²) in [6.07, 6.45) is 14.0. The van der Waals surface area contributed by atoms with Gasteiger partial charge in [0.05, 0.1) is 0 Å². The molecule has 2 aliphatic rings. The van der Waals surface area contributed by atoms with E-state index in [0.717, 1.165) is 12.0 Å². The van der Waals surface area contributed by atoms with Crippen molar-refractivity contribution >= 4 is 0 Å². The minimum absolute atomic E-state index is 0.465. The van der Waals surface area contributed by atoms with Gasteiger partial charge in [-0.15, -0.1) is 0 Å². The van der Waals surface area contributed by atoms with E-state index in [4.69, 9.17) is 0 Å². The van der Waals surface area contributed by atoms with Gasteiger partial charge in [-0.05, 0) is 31.6 Å². The lowest BCUT2D eigenvalue weighted by atomic mass is 9.79. The fourth-order valence-corrected chi connectivity index (χ4v) is 4.47. The maximum absolute atomic E-state index is 3.96. The Balaban J connectivity index is 1.95. The normalized spacial score (nSPS) is 27.9. The molecule has 1 heterocycles. The van der Waals surface area contributed by atoms with E-state index in [1.807, 2.05) is 0 Å². The maximum Gasteiger partial charge on any atom is 0.0309 e. The first-order chi connectivity index (χ1) is 10.2. The molecule has 2 heteroatoms. The molecule has 0 amide bonds. The molecular formula is C19H38N2. The third-order valence-corrected chi connectivity index (χ3v) is 6.05. The first kappa shape index (κ1) is 17.3. The summed E-state index contributed by atoms with van der Waals surface area (Å²) in [7, 11) is 0. The summed E-state index contributed by atoms with van der Waals surface area (Å²) >= 11 is 0. The first-order valence-electron chi connectivity index (χ1n) is 9.72. The molecule has 1 N–H and O–H groups in total. The van der Waals surface area contributed by atoms with Crippen LogP contribution in [0.25, 0.3) is 0 Å². The second-order valence-corrected chi connectivity index (χ2v) is 7.63. The molecule has 2 atom stereocenters. The van der Waals surface area contributed by atoms with Gasteiger partial charge in [0.15, 0.2) is 0 Å². The summed E-state index contributed by atoms with van der Waals surface area (Å²) in [6, 6.07) is 0.772. The summed E-state index contributed by atoms with van der Waals surface area (Å²) < 4.78 is 0. The number of nitrogens with zero attached hydrogens (tertiary/aromatic N) is 1. The quantitative estimate of drug-likeness (QED) is 0.739. The molecule has 2 rings (SSSR count). The van der Waals surface area contributed by atoms with Gasteiger partial charge in [-0.1, -0.05) is 59.3 Å². The van der Waals surface area contributed by atoms with Gasteiger partial charge >= 0.3 is 0 Å². The van der Waals surface area contributed by atoms with Crippen LogP contribution in [-0.2, 0) is 0 Å². The number of unbranched alkanes of at least 4 members (excludes halogenated alkanes) is 1. The Morgan fingerprint density at radius 2 is 1.90 bits per heavy atom. The van der Waals surface area contributed by atoms with Crippen LogP contribution in [-0.4, -0.2) is 36.1 Å². The van der Waals surface area contributed by atoms with Crippen molar-refractivity contribution in [2.24, 2.45) is 5.92 Å². The van der Waals surface area contributed by atoms with Crippen molar-refractivity contribution in [3.8, 4) is 0 Å². The number of piperazine rings is 1. The minimum Gasteiger partial charge on any atom is -0.308 e. The number of hydrogen-bond donors (Lipinski definition) is 1. The molecule has 0 aromatic rings. The van der Waals surface area contributed by atoms with Crippen molar-refractivity contribution in [2.45, 2.75) is 96.6 Å². The van der Waals surface area contributed by atoms with Crippen LogP contribution in [0.2, 0.25) is 0 Å². The molecule has 1 spiro atoms. The van der Waals surface area contributed by atoms with Crippen LogP contribution in [0.4, 0.5) is 0 Å². The molecule has 2 unspecified atom stereocenters. The Kier molecular flexibility index (Phi) is 7.01. The highest BCUT2D eigenvalue weighted by Crippen LogP contribution is 2.33. The van der Waals surface area contributed by atoms with Crippen LogP contribution in [0, 0.1) is 5.92 Å². The van der Waals surface area contributed by atoms with E-state index < -0.39 is 0 Å². The summed E-state index contributed by atoms with van der Waals surface area (Å²) in [5.74, 6) is 0.915. The van der Waals surface area contributed by atoms with Gasteiger partial charge in [0.1, 0.15) is 0 Å². The summed E-state index contributed by atoms with van der Waals surface area (Å²) in [4.78, 5) is 2.87. The first-order valence-corrected chi connectivity index (χ1v) is 9.72. The number of hydrogen-bond acceptors (Lipinski definition) is 2. The van der Waals surface area contributed by atoms with Gasteiger partial charge in [-0.25, -0.2) is 0 Å². The van der Waals surface area contributed by atoms with E-state index in [-0.39, 0.29) is 0 Å². The zero-order chi connectivity index (χ0) is 15.1. The van der Waals surface area contributed by atoms with Crippen LogP contribution in [0.5, 0.6) is 0 Å². The molecule has 1 aliphatic heterocycles. The highest BCUT2D eigenvalue weighted by Gasteiger charge is 2.39. The van der Waals surface area contributed by atoms with Crippen molar-refractivity contribution < 1.29 is 0 Å². The fourth-order valence-electron chi connectivity index (χ4n) is 4.47. The molecular weight excluding hydrogens is 256 g/mol. The SMILES string of the molecule is CCCCC(CC)CN1CC2(CCCCC2)NCC1CC. The van der Waals surface area contributed by atoms with E-state index in [1.54, 1.807) is 0 Å². The molecule has 0 bridgehead atoms. The largest absolute Gasteiger partial charge is 0.308 e. The minimum atomic E-state index is 0.465. The lowest BCUT2D eigenvalue weighted by Gasteiger charge is -2.50. The molecule has 2 fully saturated rings. The van der Waals surface area contributed by atoms with E-state index in [9.17, 15) is 0 Å². The Morgan fingerprint density at radius 3 is 2.52 bits per heavy atom. The lowest BCUT2D eigenvalue weighted by Crippen LogP contribution is -2.65. The number of nitrogens with one attached hydrogen (secondary N) is 1. The van der Waals surface area contributed by atoms with Crippen LogP contribution < -0.4 is 5.32 Å². The fraction of sp³-hybridized carbons (Fsp3) is 1.00. The van der Waals surface area contributed by atoms with E-state index in [1.165, 1.54) is 83.8 Å². The van der Waals surface area contributed by atoms with Gasteiger partial charge in [0, 0.05) is 31.2 Å². The zero-order valence-electron chi connectivity index (χ0n) is 14.8. The molecule has 0 radical (unpaired) electrons. The highest BCUT2D eigenvalue weighted by molar-refractivity contribution is 4.99. The molecule has 1 aliphatic carbocycles. The van der Waals surface area contributed by atoms with E-state index >= 15 is 0 Å². The maximum atomic E-state index is 3.96. The second-order valence-electron chi connectivity index (χ2n) is 7.63. The Hall–Kier alpha value is -0.0800. The third-order valence-electron chi connectivity index (χ3n) is 6.05. The smallest absolute Gasteiger partial charge is 0.0309 e. The molecule has 124 valence electrons. The molecule has 0 aromatic carbocycles. The van der Waals surface area contributed by atoms with Crippen LogP contribution >= 0.6 is 0 Å². The monoisotopic (exact) mass is 294 g/mol. The van der Waals surface area contributed by atoms with Gasteiger partial charge in [-0.2, -0.15) is 0 Å². The molecule has 1 saturated heterocycles. The lowest BCUT2D eigenvalue weighted by molar-refractivity contribution is 0.0409.